The second kappa shape index (κ2) is 13.0. The first kappa shape index (κ1) is 31.7. The fraction of sp³-hybridized carbons (Fsp3) is 0.533. The number of carbonyl (C=O) groups is 1. The van der Waals surface area contributed by atoms with Crippen LogP contribution in [0.3, 0.4) is 0 Å². The molecule has 2 aromatic rings. The topological polar surface area (TPSA) is 65.8 Å². The first-order chi connectivity index (χ1) is 17.6. The molecule has 0 bridgehead atoms. The van der Waals surface area contributed by atoms with Gasteiger partial charge < -0.3 is 9.16 Å². The lowest BCUT2D eigenvalue weighted by molar-refractivity contribution is 0.0125. The van der Waals surface area contributed by atoms with Crippen LogP contribution in [0.15, 0.2) is 48.5 Å². The molecule has 0 aliphatic heterocycles. The predicted molar refractivity (Wildman–Crippen MR) is 159 cm³/mol. The number of carbonyl (C=O) groups excluding carboxylic acids is 1. The summed E-state index contributed by atoms with van der Waals surface area (Å²) in [5, 5.41) is 13.3. The smallest absolute Gasteiger partial charge is 0.429 e. The van der Waals surface area contributed by atoms with Crippen molar-refractivity contribution in [2.45, 2.75) is 91.1 Å². The maximum absolute atomic E-state index is 13.8. The van der Waals surface area contributed by atoms with Gasteiger partial charge in [0.2, 0.25) is 0 Å². The van der Waals surface area contributed by atoms with Crippen molar-refractivity contribution < 1.29 is 14.0 Å². The second-order valence-electron chi connectivity index (χ2n) is 12.1. The summed E-state index contributed by atoms with van der Waals surface area (Å²) in [5.41, 5.74) is 2.01. The number of anilines is 1. The van der Waals surface area contributed by atoms with Crippen LogP contribution < -0.4 is 5.01 Å². The molecule has 6 nitrogen and oxygen atoms in total. The minimum Gasteiger partial charge on any atom is -0.442 e. The van der Waals surface area contributed by atoms with Crippen molar-refractivity contribution in [1.29, 1.82) is 5.26 Å². The zero-order valence-electron chi connectivity index (χ0n) is 24.5. The molecule has 0 heterocycles. The summed E-state index contributed by atoms with van der Waals surface area (Å²) in [6.45, 7) is 19.5. The molecule has 2 rings (SSSR count). The van der Waals surface area contributed by atoms with Crippen LogP contribution in [0, 0.1) is 11.3 Å². The van der Waals surface area contributed by atoms with Crippen LogP contribution in [0.5, 0.6) is 0 Å². The van der Waals surface area contributed by atoms with Gasteiger partial charge in [-0.15, -0.1) is 0 Å². The van der Waals surface area contributed by atoms with Crippen LogP contribution in [-0.4, -0.2) is 38.1 Å². The Kier molecular flexibility index (Phi) is 10.8. The highest BCUT2D eigenvalue weighted by atomic mass is 35.5. The van der Waals surface area contributed by atoms with E-state index < -0.39 is 26.1 Å². The summed E-state index contributed by atoms with van der Waals surface area (Å²) < 4.78 is 12.8. The third kappa shape index (κ3) is 9.04. The molecule has 0 radical (unpaired) electrons. The monoisotopic (exact) mass is 557 g/mol. The van der Waals surface area contributed by atoms with Gasteiger partial charge >= 0.3 is 6.09 Å². The molecule has 0 fully saturated rings. The van der Waals surface area contributed by atoms with E-state index in [2.05, 4.69) is 46.9 Å². The summed E-state index contributed by atoms with van der Waals surface area (Å²) in [6.07, 6.45) is 0.280. The van der Waals surface area contributed by atoms with Gasteiger partial charge in [-0.05, 0) is 80.7 Å². The summed E-state index contributed by atoms with van der Waals surface area (Å²) in [7, 11) is -2.24. The van der Waals surface area contributed by atoms with E-state index in [-0.39, 0.29) is 11.6 Å². The van der Waals surface area contributed by atoms with Gasteiger partial charge in [-0.25, -0.2) is 9.80 Å². The van der Waals surface area contributed by atoms with Crippen LogP contribution in [0.4, 0.5) is 10.5 Å². The minimum absolute atomic E-state index is 0.0275. The summed E-state index contributed by atoms with van der Waals surface area (Å²) in [5.74, 6) is 0. The van der Waals surface area contributed by atoms with Crippen molar-refractivity contribution in [3.05, 3.63) is 64.7 Å². The highest BCUT2D eigenvalue weighted by Crippen LogP contribution is 2.40. The summed E-state index contributed by atoms with van der Waals surface area (Å²) in [6, 6.07) is 17.6. The van der Waals surface area contributed by atoms with E-state index in [1.54, 1.807) is 5.01 Å². The fourth-order valence-corrected chi connectivity index (χ4v) is 5.15. The molecule has 1 atom stereocenters. The lowest BCUT2D eigenvalue weighted by atomic mass is 10.1. The van der Waals surface area contributed by atoms with E-state index in [0.29, 0.717) is 18.0 Å². The standard InChI is InChI=1S/C30H44ClN3O3Si/c1-10-20-33(26-16-14-23(15-17-26)18-19-32)34(28(35)36-29(2,3)4)22-27(24-12-11-13-25(31)21-24)37-38(8,9)30(5,6)7/h11-17,21,27H,10,18,20,22H2,1-9H3/t27-/m0/s1. The number of nitriles is 1. The maximum Gasteiger partial charge on any atom is 0.429 e. The highest BCUT2D eigenvalue weighted by molar-refractivity contribution is 6.74. The van der Waals surface area contributed by atoms with Gasteiger partial charge in [0.1, 0.15) is 5.60 Å². The van der Waals surface area contributed by atoms with Crippen molar-refractivity contribution in [3.63, 3.8) is 0 Å². The van der Waals surface area contributed by atoms with Crippen molar-refractivity contribution in [1.82, 2.24) is 5.01 Å². The number of hydrazine groups is 1. The van der Waals surface area contributed by atoms with E-state index >= 15 is 0 Å². The van der Waals surface area contributed by atoms with Crippen LogP contribution >= 0.6 is 11.6 Å². The number of ether oxygens (including phenoxy) is 1. The quantitative estimate of drug-likeness (QED) is 0.216. The molecule has 0 aromatic heterocycles. The average molecular weight is 558 g/mol. The molecule has 0 spiro atoms. The molecule has 0 aliphatic rings. The zero-order chi connectivity index (χ0) is 28.7. The second-order valence-corrected chi connectivity index (χ2v) is 17.3. The van der Waals surface area contributed by atoms with Gasteiger partial charge in [-0.2, -0.15) is 5.26 Å². The molecular formula is C30H44ClN3O3Si. The van der Waals surface area contributed by atoms with Gasteiger partial charge in [0.25, 0.3) is 0 Å². The molecule has 0 N–H and O–H groups in total. The lowest BCUT2D eigenvalue weighted by Gasteiger charge is -2.43. The third-order valence-electron chi connectivity index (χ3n) is 6.65. The van der Waals surface area contributed by atoms with Gasteiger partial charge in [-0.1, -0.05) is 63.6 Å². The van der Waals surface area contributed by atoms with Gasteiger partial charge in [0, 0.05) is 11.6 Å². The Morgan fingerprint density at radius 2 is 1.71 bits per heavy atom. The number of hydrogen-bond donors (Lipinski definition) is 0. The van der Waals surface area contributed by atoms with Gasteiger partial charge in [0.15, 0.2) is 8.32 Å². The lowest BCUT2D eigenvalue weighted by Crippen LogP contribution is -2.52. The molecule has 0 saturated heterocycles. The van der Waals surface area contributed by atoms with Crippen LogP contribution in [0.2, 0.25) is 23.2 Å². The summed E-state index contributed by atoms with van der Waals surface area (Å²) in [4.78, 5) is 13.8. The van der Waals surface area contributed by atoms with E-state index in [9.17, 15) is 4.79 Å². The molecule has 8 heteroatoms. The Hall–Kier alpha value is -2.53. The fourth-order valence-electron chi connectivity index (χ4n) is 3.67. The minimum atomic E-state index is -2.24. The van der Waals surface area contributed by atoms with Crippen molar-refractivity contribution in [2.24, 2.45) is 0 Å². The normalized spacial score (nSPS) is 13.0. The van der Waals surface area contributed by atoms with Crippen molar-refractivity contribution in [2.75, 3.05) is 18.1 Å². The number of benzene rings is 2. The Bertz CT molecular complexity index is 1100. The van der Waals surface area contributed by atoms with Crippen LogP contribution in [0.25, 0.3) is 0 Å². The molecule has 38 heavy (non-hydrogen) atoms. The highest BCUT2D eigenvalue weighted by Gasteiger charge is 2.41. The number of nitrogens with zero attached hydrogens (tertiary/aromatic N) is 3. The van der Waals surface area contributed by atoms with Crippen molar-refractivity contribution >= 4 is 31.7 Å². The van der Waals surface area contributed by atoms with E-state index in [4.69, 9.17) is 26.0 Å². The molecule has 0 unspecified atom stereocenters. The van der Waals surface area contributed by atoms with E-state index in [1.165, 1.54) is 0 Å². The summed E-state index contributed by atoms with van der Waals surface area (Å²) >= 11 is 6.40. The van der Waals surface area contributed by atoms with Crippen LogP contribution in [0.1, 0.15) is 72.1 Å². The van der Waals surface area contributed by atoms with Gasteiger partial charge in [-0.3, -0.25) is 5.01 Å². The largest absolute Gasteiger partial charge is 0.442 e. The Morgan fingerprint density at radius 3 is 2.21 bits per heavy atom. The zero-order valence-corrected chi connectivity index (χ0v) is 26.2. The molecule has 1 amide bonds. The third-order valence-corrected chi connectivity index (χ3v) is 11.4. The molecule has 0 aliphatic carbocycles. The molecule has 208 valence electrons. The van der Waals surface area contributed by atoms with E-state index in [1.807, 2.05) is 74.3 Å². The molecule has 0 saturated carbocycles. The Balaban J connectivity index is 2.61. The first-order valence-electron chi connectivity index (χ1n) is 13.2. The Morgan fingerprint density at radius 1 is 1.08 bits per heavy atom. The van der Waals surface area contributed by atoms with Crippen molar-refractivity contribution in [3.8, 4) is 6.07 Å². The van der Waals surface area contributed by atoms with E-state index in [0.717, 1.165) is 23.2 Å². The maximum atomic E-state index is 13.8. The predicted octanol–water partition coefficient (Wildman–Crippen LogP) is 8.54. The number of amides is 1. The first-order valence-corrected chi connectivity index (χ1v) is 16.5. The molecule has 2 aromatic carbocycles. The Labute approximate surface area is 235 Å². The SMILES string of the molecule is CCCN(c1ccc(CC#N)cc1)N(C[C@H](O[Si](C)(C)C(C)(C)C)c1cccc(Cl)c1)C(=O)OC(C)(C)C. The average Bonchev–Trinajstić information content (AvgIpc) is 2.79. The van der Waals surface area contributed by atoms with Crippen LogP contribution in [-0.2, 0) is 15.6 Å². The molecular weight excluding hydrogens is 514 g/mol. The number of halogens is 1. The number of hydrogen-bond acceptors (Lipinski definition) is 5. The van der Waals surface area contributed by atoms with Gasteiger partial charge in [0.05, 0.1) is 30.8 Å². The number of rotatable bonds is 10.